The van der Waals surface area contributed by atoms with Crippen molar-refractivity contribution < 1.29 is 4.74 Å². The van der Waals surface area contributed by atoms with Crippen LogP contribution in [0.15, 0.2) is 30.5 Å². The molecule has 0 spiro atoms. The standard InChI is InChI=1S/C13H16N2O/c1-3-13-11(9-14-15-13)8-10-4-6-12(16-2)7-5-10/h4-7,9H,3,8H2,1-2H3,(H,14,15). The van der Waals surface area contributed by atoms with Gasteiger partial charge in [0, 0.05) is 12.1 Å². The Labute approximate surface area is 95.5 Å². The van der Waals surface area contributed by atoms with E-state index in [0.717, 1.165) is 18.6 Å². The highest BCUT2D eigenvalue weighted by Crippen LogP contribution is 2.16. The molecule has 2 rings (SSSR count). The second-order valence-corrected chi connectivity index (χ2v) is 3.75. The van der Waals surface area contributed by atoms with E-state index in [1.54, 1.807) is 7.11 Å². The van der Waals surface area contributed by atoms with Crippen LogP contribution in [0.3, 0.4) is 0 Å². The molecule has 0 aliphatic carbocycles. The van der Waals surface area contributed by atoms with Crippen LogP contribution in [-0.2, 0) is 12.8 Å². The Kier molecular flexibility index (Phi) is 3.25. The first-order valence-corrected chi connectivity index (χ1v) is 5.47. The molecule has 0 bridgehead atoms. The number of benzene rings is 1. The van der Waals surface area contributed by atoms with E-state index in [2.05, 4.69) is 29.3 Å². The smallest absolute Gasteiger partial charge is 0.118 e. The van der Waals surface area contributed by atoms with Gasteiger partial charge >= 0.3 is 0 Å². The third-order valence-corrected chi connectivity index (χ3v) is 2.71. The van der Waals surface area contributed by atoms with Crippen LogP contribution in [0.5, 0.6) is 5.75 Å². The Morgan fingerprint density at radius 3 is 2.62 bits per heavy atom. The summed E-state index contributed by atoms with van der Waals surface area (Å²) in [6.45, 7) is 2.13. The van der Waals surface area contributed by atoms with Gasteiger partial charge in [0.25, 0.3) is 0 Å². The maximum atomic E-state index is 5.13. The van der Waals surface area contributed by atoms with Gasteiger partial charge in [-0.2, -0.15) is 5.10 Å². The van der Waals surface area contributed by atoms with Crippen LogP contribution in [0.25, 0.3) is 0 Å². The number of methoxy groups -OCH3 is 1. The zero-order valence-electron chi connectivity index (χ0n) is 9.66. The van der Waals surface area contributed by atoms with Crippen molar-refractivity contribution in [2.45, 2.75) is 19.8 Å². The molecule has 0 aliphatic heterocycles. The van der Waals surface area contributed by atoms with Crippen molar-refractivity contribution >= 4 is 0 Å². The molecule has 1 heterocycles. The third-order valence-electron chi connectivity index (χ3n) is 2.71. The molecule has 0 atom stereocenters. The summed E-state index contributed by atoms with van der Waals surface area (Å²) in [7, 11) is 1.68. The van der Waals surface area contributed by atoms with E-state index in [0.29, 0.717) is 0 Å². The predicted molar refractivity (Wildman–Crippen MR) is 63.8 cm³/mol. The molecular formula is C13H16N2O. The van der Waals surface area contributed by atoms with Crippen LogP contribution in [0.1, 0.15) is 23.7 Å². The number of nitrogens with zero attached hydrogens (tertiary/aromatic N) is 1. The Hall–Kier alpha value is -1.77. The Morgan fingerprint density at radius 1 is 1.25 bits per heavy atom. The highest BCUT2D eigenvalue weighted by Gasteiger charge is 2.04. The highest BCUT2D eigenvalue weighted by molar-refractivity contribution is 5.31. The first-order valence-electron chi connectivity index (χ1n) is 5.47. The molecule has 0 radical (unpaired) electrons. The fourth-order valence-corrected chi connectivity index (χ4v) is 1.76. The van der Waals surface area contributed by atoms with E-state index in [1.807, 2.05) is 18.3 Å². The highest BCUT2D eigenvalue weighted by atomic mass is 16.5. The topological polar surface area (TPSA) is 37.9 Å². The van der Waals surface area contributed by atoms with Crippen molar-refractivity contribution in [1.82, 2.24) is 10.2 Å². The minimum absolute atomic E-state index is 0.895. The van der Waals surface area contributed by atoms with Crippen molar-refractivity contribution in [3.05, 3.63) is 47.3 Å². The van der Waals surface area contributed by atoms with Crippen LogP contribution in [0.2, 0.25) is 0 Å². The molecule has 1 N–H and O–H groups in total. The van der Waals surface area contributed by atoms with Gasteiger partial charge in [-0.1, -0.05) is 19.1 Å². The minimum atomic E-state index is 0.895. The lowest BCUT2D eigenvalue weighted by Gasteiger charge is -2.03. The summed E-state index contributed by atoms with van der Waals surface area (Å²) in [6.07, 6.45) is 3.82. The lowest BCUT2D eigenvalue weighted by molar-refractivity contribution is 0.414. The predicted octanol–water partition coefficient (Wildman–Crippen LogP) is 2.57. The number of H-pyrrole nitrogens is 1. The van der Waals surface area contributed by atoms with Crippen molar-refractivity contribution in [3.8, 4) is 5.75 Å². The molecule has 0 aliphatic rings. The normalized spacial score (nSPS) is 10.4. The SMILES string of the molecule is CCc1[nH]ncc1Cc1ccc(OC)cc1. The van der Waals surface area contributed by atoms with Gasteiger partial charge in [-0.25, -0.2) is 0 Å². The molecule has 0 unspecified atom stereocenters. The van der Waals surface area contributed by atoms with E-state index in [1.165, 1.54) is 16.8 Å². The maximum absolute atomic E-state index is 5.13. The molecule has 1 aromatic heterocycles. The lowest BCUT2D eigenvalue weighted by Crippen LogP contribution is -1.92. The summed E-state index contributed by atoms with van der Waals surface area (Å²) in [5.74, 6) is 0.895. The molecule has 84 valence electrons. The second-order valence-electron chi connectivity index (χ2n) is 3.75. The molecule has 16 heavy (non-hydrogen) atoms. The molecular weight excluding hydrogens is 200 g/mol. The van der Waals surface area contributed by atoms with Gasteiger partial charge in [0.05, 0.1) is 13.3 Å². The van der Waals surface area contributed by atoms with Crippen molar-refractivity contribution in [2.75, 3.05) is 7.11 Å². The van der Waals surface area contributed by atoms with E-state index in [-0.39, 0.29) is 0 Å². The van der Waals surface area contributed by atoms with Gasteiger partial charge < -0.3 is 4.74 Å². The van der Waals surface area contributed by atoms with E-state index < -0.39 is 0 Å². The van der Waals surface area contributed by atoms with Crippen molar-refractivity contribution in [2.24, 2.45) is 0 Å². The zero-order chi connectivity index (χ0) is 11.4. The van der Waals surface area contributed by atoms with Gasteiger partial charge in [0.15, 0.2) is 0 Å². The van der Waals surface area contributed by atoms with Crippen LogP contribution in [0, 0.1) is 0 Å². The van der Waals surface area contributed by atoms with Crippen LogP contribution in [-0.4, -0.2) is 17.3 Å². The van der Waals surface area contributed by atoms with Gasteiger partial charge in [-0.05, 0) is 29.7 Å². The molecule has 2 aromatic rings. The fraction of sp³-hybridized carbons (Fsp3) is 0.308. The van der Waals surface area contributed by atoms with Gasteiger partial charge in [-0.3, -0.25) is 5.10 Å². The summed E-state index contributed by atoms with van der Waals surface area (Å²) in [5.41, 5.74) is 3.76. The Morgan fingerprint density at radius 2 is 2.00 bits per heavy atom. The number of aromatic nitrogens is 2. The first kappa shape index (κ1) is 10.7. The Balaban J connectivity index is 2.14. The van der Waals surface area contributed by atoms with E-state index in [9.17, 15) is 0 Å². The molecule has 0 amide bonds. The van der Waals surface area contributed by atoms with Gasteiger partial charge in [0.2, 0.25) is 0 Å². The van der Waals surface area contributed by atoms with Gasteiger partial charge in [-0.15, -0.1) is 0 Å². The second kappa shape index (κ2) is 4.84. The molecule has 3 heteroatoms. The van der Waals surface area contributed by atoms with Gasteiger partial charge in [0.1, 0.15) is 5.75 Å². The number of aromatic amines is 1. The number of aryl methyl sites for hydroxylation is 1. The fourth-order valence-electron chi connectivity index (χ4n) is 1.76. The lowest BCUT2D eigenvalue weighted by atomic mass is 10.0. The number of hydrogen-bond acceptors (Lipinski definition) is 2. The molecule has 3 nitrogen and oxygen atoms in total. The summed E-state index contributed by atoms with van der Waals surface area (Å²) < 4.78 is 5.13. The van der Waals surface area contributed by atoms with E-state index in [4.69, 9.17) is 4.74 Å². The van der Waals surface area contributed by atoms with Crippen molar-refractivity contribution in [1.29, 1.82) is 0 Å². The van der Waals surface area contributed by atoms with Crippen LogP contribution >= 0.6 is 0 Å². The largest absolute Gasteiger partial charge is 0.497 e. The quantitative estimate of drug-likeness (QED) is 0.853. The Bertz CT molecular complexity index is 445. The summed E-state index contributed by atoms with van der Waals surface area (Å²) >= 11 is 0. The molecule has 1 aromatic carbocycles. The average molecular weight is 216 g/mol. The first-order chi connectivity index (χ1) is 7.83. The minimum Gasteiger partial charge on any atom is -0.497 e. The zero-order valence-corrected chi connectivity index (χ0v) is 9.66. The number of ether oxygens (including phenoxy) is 1. The van der Waals surface area contributed by atoms with E-state index >= 15 is 0 Å². The monoisotopic (exact) mass is 216 g/mol. The maximum Gasteiger partial charge on any atom is 0.118 e. The molecule has 0 saturated heterocycles. The summed E-state index contributed by atoms with van der Waals surface area (Å²) in [4.78, 5) is 0. The van der Waals surface area contributed by atoms with Crippen LogP contribution < -0.4 is 4.74 Å². The summed E-state index contributed by atoms with van der Waals surface area (Å²) in [5, 5.41) is 7.10. The van der Waals surface area contributed by atoms with Crippen molar-refractivity contribution in [3.63, 3.8) is 0 Å². The summed E-state index contributed by atoms with van der Waals surface area (Å²) in [6, 6.07) is 8.15. The average Bonchev–Trinajstić information content (AvgIpc) is 2.77. The number of nitrogens with one attached hydrogen (secondary N) is 1. The number of hydrogen-bond donors (Lipinski definition) is 1. The molecule has 0 saturated carbocycles. The third kappa shape index (κ3) is 2.24. The van der Waals surface area contributed by atoms with Crippen LogP contribution in [0.4, 0.5) is 0 Å². The molecule has 0 fully saturated rings. The number of rotatable bonds is 4.